The topological polar surface area (TPSA) is 49.4 Å². The van der Waals surface area contributed by atoms with Crippen molar-refractivity contribution in [3.63, 3.8) is 0 Å². The van der Waals surface area contributed by atoms with Crippen LogP contribution >= 0.6 is 15.9 Å². The van der Waals surface area contributed by atoms with Crippen LogP contribution in [0.2, 0.25) is 0 Å². The Morgan fingerprint density at radius 1 is 1.37 bits per heavy atom. The van der Waals surface area contributed by atoms with E-state index in [1.807, 2.05) is 26.1 Å². The van der Waals surface area contributed by atoms with E-state index in [-0.39, 0.29) is 0 Å². The molecule has 0 bridgehead atoms. The SMILES string of the molecule is CCCCN(C)S(=O)(=O)c1ccc(CNC)cc1Br. The van der Waals surface area contributed by atoms with Crippen LogP contribution < -0.4 is 5.32 Å². The molecule has 0 spiro atoms. The highest BCUT2D eigenvalue weighted by Gasteiger charge is 2.22. The van der Waals surface area contributed by atoms with Gasteiger partial charge in [-0.3, -0.25) is 0 Å². The molecule has 1 aromatic carbocycles. The van der Waals surface area contributed by atoms with E-state index >= 15 is 0 Å². The maximum absolute atomic E-state index is 12.4. The third kappa shape index (κ3) is 4.27. The lowest BCUT2D eigenvalue weighted by molar-refractivity contribution is 0.459. The molecule has 1 rings (SSSR count). The van der Waals surface area contributed by atoms with Gasteiger partial charge in [-0.05, 0) is 47.1 Å². The van der Waals surface area contributed by atoms with Gasteiger partial charge in [-0.1, -0.05) is 19.4 Å². The summed E-state index contributed by atoms with van der Waals surface area (Å²) in [5.41, 5.74) is 1.05. The number of sulfonamides is 1. The van der Waals surface area contributed by atoms with Crippen molar-refractivity contribution in [2.75, 3.05) is 20.6 Å². The van der Waals surface area contributed by atoms with Gasteiger partial charge in [0.1, 0.15) is 0 Å². The van der Waals surface area contributed by atoms with Crippen LogP contribution in [0.1, 0.15) is 25.3 Å². The Balaban J connectivity index is 3.01. The molecule has 0 fully saturated rings. The van der Waals surface area contributed by atoms with E-state index in [0.29, 0.717) is 22.5 Å². The van der Waals surface area contributed by atoms with Gasteiger partial charge < -0.3 is 5.32 Å². The molecule has 1 N–H and O–H groups in total. The lowest BCUT2D eigenvalue weighted by atomic mass is 10.2. The molecule has 0 radical (unpaired) electrons. The molecule has 1 aromatic rings. The third-order valence-corrected chi connectivity index (χ3v) is 5.73. The van der Waals surface area contributed by atoms with Crippen LogP contribution in [0.3, 0.4) is 0 Å². The summed E-state index contributed by atoms with van der Waals surface area (Å²) in [7, 11) is 0.0746. The van der Waals surface area contributed by atoms with E-state index in [2.05, 4.69) is 21.2 Å². The maximum Gasteiger partial charge on any atom is 0.243 e. The van der Waals surface area contributed by atoms with Crippen LogP contribution in [0.4, 0.5) is 0 Å². The summed E-state index contributed by atoms with van der Waals surface area (Å²) in [6.07, 6.45) is 1.84. The van der Waals surface area contributed by atoms with Crippen molar-refractivity contribution in [3.8, 4) is 0 Å². The molecule has 108 valence electrons. The summed E-state index contributed by atoms with van der Waals surface area (Å²) in [4.78, 5) is 0.325. The monoisotopic (exact) mass is 348 g/mol. The zero-order valence-electron chi connectivity index (χ0n) is 11.6. The molecule has 19 heavy (non-hydrogen) atoms. The first-order chi connectivity index (χ1) is 8.93. The second-order valence-corrected chi connectivity index (χ2v) is 7.34. The highest BCUT2D eigenvalue weighted by molar-refractivity contribution is 9.10. The minimum atomic E-state index is -3.41. The van der Waals surface area contributed by atoms with Crippen LogP contribution in [0.5, 0.6) is 0 Å². The van der Waals surface area contributed by atoms with Gasteiger partial charge in [0.15, 0.2) is 0 Å². The van der Waals surface area contributed by atoms with Gasteiger partial charge in [-0.15, -0.1) is 0 Å². The van der Waals surface area contributed by atoms with Gasteiger partial charge in [0.05, 0.1) is 4.90 Å². The van der Waals surface area contributed by atoms with E-state index in [0.717, 1.165) is 18.4 Å². The second-order valence-electron chi connectivity index (χ2n) is 4.48. The highest BCUT2D eigenvalue weighted by atomic mass is 79.9. The third-order valence-electron chi connectivity index (χ3n) is 2.89. The molecule has 0 aliphatic rings. The lowest BCUT2D eigenvalue weighted by Crippen LogP contribution is -2.28. The van der Waals surface area contributed by atoms with Crippen molar-refractivity contribution in [1.29, 1.82) is 0 Å². The Kier molecular flexibility index (Phi) is 6.46. The number of halogens is 1. The highest BCUT2D eigenvalue weighted by Crippen LogP contribution is 2.25. The maximum atomic E-state index is 12.4. The minimum absolute atomic E-state index is 0.325. The lowest BCUT2D eigenvalue weighted by Gasteiger charge is -2.18. The number of nitrogens with one attached hydrogen (secondary N) is 1. The molecule has 0 aromatic heterocycles. The molecular weight excluding hydrogens is 328 g/mol. The predicted molar refractivity (Wildman–Crippen MR) is 81.6 cm³/mol. The number of hydrogen-bond donors (Lipinski definition) is 1. The van der Waals surface area contributed by atoms with Gasteiger partial charge in [-0.25, -0.2) is 12.7 Å². The Labute approximate surface area is 124 Å². The molecule has 0 heterocycles. The summed E-state index contributed by atoms with van der Waals surface area (Å²) < 4.78 is 26.8. The molecule has 0 saturated heterocycles. The van der Waals surface area contributed by atoms with Crippen molar-refractivity contribution < 1.29 is 8.42 Å². The van der Waals surface area contributed by atoms with Crippen molar-refractivity contribution in [3.05, 3.63) is 28.2 Å². The fourth-order valence-electron chi connectivity index (χ4n) is 1.74. The molecule has 0 amide bonds. The smallest absolute Gasteiger partial charge is 0.243 e. The second kappa shape index (κ2) is 7.38. The average molecular weight is 349 g/mol. The van der Waals surface area contributed by atoms with Gasteiger partial charge in [0.2, 0.25) is 10.0 Å². The molecule has 0 saturated carbocycles. The first kappa shape index (κ1) is 16.6. The average Bonchev–Trinajstić information content (AvgIpc) is 2.36. The molecule has 6 heteroatoms. The molecular formula is C13H21BrN2O2S. The van der Waals surface area contributed by atoms with Crippen LogP contribution in [0.25, 0.3) is 0 Å². The molecule has 0 atom stereocenters. The summed E-state index contributed by atoms with van der Waals surface area (Å²) >= 11 is 3.36. The fraction of sp³-hybridized carbons (Fsp3) is 0.538. The minimum Gasteiger partial charge on any atom is -0.316 e. The van der Waals surface area contributed by atoms with Crippen molar-refractivity contribution >= 4 is 26.0 Å². The van der Waals surface area contributed by atoms with Gasteiger partial charge >= 0.3 is 0 Å². The van der Waals surface area contributed by atoms with E-state index < -0.39 is 10.0 Å². The largest absolute Gasteiger partial charge is 0.316 e. The summed E-state index contributed by atoms with van der Waals surface area (Å²) in [5, 5.41) is 3.04. The Hall–Kier alpha value is -0.430. The molecule has 4 nitrogen and oxygen atoms in total. The van der Waals surface area contributed by atoms with Crippen molar-refractivity contribution in [2.24, 2.45) is 0 Å². The van der Waals surface area contributed by atoms with Crippen LogP contribution in [0, 0.1) is 0 Å². The Morgan fingerprint density at radius 3 is 2.58 bits per heavy atom. The zero-order valence-corrected chi connectivity index (χ0v) is 14.0. The first-order valence-corrected chi connectivity index (χ1v) is 8.56. The number of benzene rings is 1. The normalized spacial score (nSPS) is 12.1. The van der Waals surface area contributed by atoms with Crippen molar-refractivity contribution in [2.45, 2.75) is 31.2 Å². The summed E-state index contributed by atoms with van der Waals surface area (Å²) in [6.45, 7) is 3.30. The first-order valence-electron chi connectivity index (χ1n) is 6.32. The Bertz CT molecular complexity index is 517. The number of rotatable bonds is 7. The molecule has 0 aliphatic heterocycles. The van der Waals surface area contributed by atoms with Crippen molar-refractivity contribution in [1.82, 2.24) is 9.62 Å². The predicted octanol–water partition coefficient (Wildman–Crippen LogP) is 2.59. The van der Waals surface area contributed by atoms with E-state index in [1.54, 1.807) is 13.1 Å². The summed E-state index contributed by atoms with van der Waals surface area (Å²) in [6, 6.07) is 5.34. The molecule has 0 aliphatic carbocycles. The Morgan fingerprint density at radius 2 is 2.05 bits per heavy atom. The van der Waals surface area contributed by atoms with Gasteiger partial charge in [-0.2, -0.15) is 0 Å². The van der Waals surface area contributed by atoms with E-state index in [4.69, 9.17) is 0 Å². The number of nitrogens with zero attached hydrogens (tertiary/aromatic N) is 1. The fourth-order valence-corrected chi connectivity index (χ4v) is 4.03. The molecule has 0 unspecified atom stereocenters. The van der Waals surface area contributed by atoms with E-state index in [9.17, 15) is 8.42 Å². The number of hydrogen-bond acceptors (Lipinski definition) is 3. The zero-order chi connectivity index (χ0) is 14.5. The quantitative estimate of drug-likeness (QED) is 0.823. The van der Waals surface area contributed by atoms with Crippen LogP contribution in [-0.4, -0.2) is 33.4 Å². The van der Waals surface area contributed by atoms with Gasteiger partial charge in [0.25, 0.3) is 0 Å². The summed E-state index contributed by atoms with van der Waals surface area (Å²) in [5.74, 6) is 0. The standard InChI is InChI=1S/C13H21BrN2O2S/c1-4-5-8-16(3)19(17,18)13-7-6-11(10-15-2)9-12(13)14/h6-7,9,15H,4-5,8,10H2,1-3H3. The number of unbranched alkanes of at least 4 members (excludes halogenated alkanes) is 1. The van der Waals surface area contributed by atoms with Gasteiger partial charge in [0, 0.05) is 24.6 Å². The van der Waals surface area contributed by atoms with Crippen LogP contribution in [-0.2, 0) is 16.6 Å². The van der Waals surface area contributed by atoms with Crippen LogP contribution in [0.15, 0.2) is 27.6 Å². The van der Waals surface area contributed by atoms with E-state index in [1.165, 1.54) is 4.31 Å².